The summed E-state index contributed by atoms with van der Waals surface area (Å²) in [7, 11) is 0. The van der Waals surface area contributed by atoms with E-state index in [0.717, 1.165) is 0 Å². The number of anilines is 1. The molecule has 0 fully saturated rings. The van der Waals surface area contributed by atoms with Crippen molar-refractivity contribution in [1.82, 2.24) is 0 Å². The number of nitrogens with zero attached hydrogens (tertiary/aromatic N) is 1. The molecule has 20 heavy (non-hydrogen) atoms. The van der Waals surface area contributed by atoms with Gasteiger partial charge in [-0.2, -0.15) is 0 Å². The lowest BCUT2D eigenvalue weighted by molar-refractivity contribution is -0.129. The van der Waals surface area contributed by atoms with Crippen molar-refractivity contribution in [3.8, 4) is 5.75 Å². The molecule has 0 saturated carbocycles. The molecule has 1 aliphatic heterocycles. The number of benzene rings is 1. The summed E-state index contributed by atoms with van der Waals surface area (Å²) in [5, 5.41) is 9.19. The third-order valence-electron chi connectivity index (χ3n) is 3.25. The highest BCUT2D eigenvalue weighted by Gasteiger charge is 2.36. The number of Topliss-reactive ketones (excluding diaryl/α,β-unsaturated/α-hetero) is 1. The summed E-state index contributed by atoms with van der Waals surface area (Å²) in [6, 6.07) is 5.14. The maximum absolute atomic E-state index is 12.4. The highest BCUT2D eigenvalue weighted by molar-refractivity contribution is 6.04. The Morgan fingerprint density at radius 1 is 1.45 bits per heavy atom. The molecular weight excluding hydrogens is 258 g/mol. The van der Waals surface area contributed by atoms with Crippen LogP contribution in [0.4, 0.5) is 5.69 Å². The highest BCUT2D eigenvalue weighted by atomic mass is 16.5. The molecule has 1 unspecified atom stereocenters. The second-order valence-electron chi connectivity index (χ2n) is 5.37. The molecule has 0 saturated heterocycles. The van der Waals surface area contributed by atoms with Gasteiger partial charge in [0, 0.05) is 0 Å². The second kappa shape index (κ2) is 5.63. The second-order valence-corrected chi connectivity index (χ2v) is 5.37. The Labute approximate surface area is 118 Å². The van der Waals surface area contributed by atoms with Crippen LogP contribution in [0, 0.1) is 5.92 Å². The molecule has 5 heteroatoms. The largest absolute Gasteiger partial charge is 0.478 e. The average Bonchev–Trinajstić information content (AvgIpc) is 2.40. The van der Waals surface area contributed by atoms with Gasteiger partial charge < -0.3 is 9.84 Å². The number of ketones is 1. The molecule has 1 atom stereocenters. The van der Waals surface area contributed by atoms with Gasteiger partial charge >= 0.3 is 0 Å². The Kier molecular flexibility index (Phi) is 4.09. The fourth-order valence-electron chi connectivity index (χ4n) is 2.24. The number of fused-ring (bicyclic) bond motifs is 1. The topological polar surface area (TPSA) is 66.8 Å². The first kappa shape index (κ1) is 14.5. The van der Waals surface area contributed by atoms with E-state index >= 15 is 0 Å². The van der Waals surface area contributed by atoms with Gasteiger partial charge in [-0.05, 0) is 30.5 Å². The number of aliphatic hydroxyl groups is 1. The first-order valence-electron chi connectivity index (χ1n) is 6.65. The smallest absolute Gasteiger partial charge is 0.268 e. The van der Waals surface area contributed by atoms with E-state index in [4.69, 9.17) is 4.74 Å². The van der Waals surface area contributed by atoms with Gasteiger partial charge in [-0.1, -0.05) is 19.9 Å². The minimum atomic E-state index is -0.601. The lowest BCUT2D eigenvalue weighted by Crippen LogP contribution is -2.49. The Morgan fingerprint density at radius 2 is 2.15 bits per heavy atom. The SMILES string of the molecule is CC(=O)CN1C(=O)C(C(C)C)Oc2cc(CO)ccc21. The first-order valence-corrected chi connectivity index (χ1v) is 6.65. The van der Waals surface area contributed by atoms with Crippen LogP contribution in [-0.4, -0.2) is 29.4 Å². The molecule has 1 amide bonds. The first-order chi connectivity index (χ1) is 9.43. The van der Waals surface area contributed by atoms with E-state index in [1.165, 1.54) is 11.8 Å². The van der Waals surface area contributed by atoms with Gasteiger partial charge in [0.25, 0.3) is 5.91 Å². The number of hydrogen-bond acceptors (Lipinski definition) is 4. The van der Waals surface area contributed by atoms with Crippen molar-refractivity contribution in [3.63, 3.8) is 0 Å². The van der Waals surface area contributed by atoms with E-state index in [2.05, 4.69) is 0 Å². The summed E-state index contributed by atoms with van der Waals surface area (Å²) in [5.41, 5.74) is 1.29. The fraction of sp³-hybridized carbons (Fsp3) is 0.467. The van der Waals surface area contributed by atoms with Gasteiger partial charge in [0.05, 0.1) is 18.8 Å². The Hall–Kier alpha value is -1.88. The van der Waals surface area contributed by atoms with Gasteiger partial charge in [0.15, 0.2) is 6.10 Å². The van der Waals surface area contributed by atoms with Crippen LogP contribution >= 0.6 is 0 Å². The molecule has 0 spiro atoms. The minimum absolute atomic E-state index is 0.00268. The summed E-state index contributed by atoms with van der Waals surface area (Å²) < 4.78 is 5.75. The summed E-state index contributed by atoms with van der Waals surface area (Å²) in [5.74, 6) is 0.262. The van der Waals surface area contributed by atoms with Crippen molar-refractivity contribution in [2.75, 3.05) is 11.4 Å². The highest BCUT2D eigenvalue weighted by Crippen LogP contribution is 2.36. The lowest BCUT2D eigenvalue weighted by atomic mass is 10.0. The van der Waals surface area contributed by atoms with E-state index in [1.54, 1.807) is 18.2 Å². The van der Waals surface area contributed by atoms with Gasteiger partial charge in [-0.25, -0.2) is 0 Å². The number of carbonyl (C=O) groups is 2. The predicted molar refractivity (Wildman–Crippen MR) is 74.7 cm³/mol. The average molecular weight is 277 g/mol. The van der Waals surface area contributed by atoms with Crippen LogP contribution in [0.1, 0.15) is 26.3 Å². The molecule has 5 nitrogen and oxygen atoms in total. The number of amides is 1. The van der Waals surface area contributed by atoms with Crippen molar-refractivity contribution < 1.29 is 19.4 Å². The predicted octanol–water partition coefficient (Wildman–Crippen LogP) is 1.52. The molecule has 108 valence electrons. The molecule has 1 heterocycles. The number of ether oxygens (including phenoxy) is 1. The van der Waals surface area contributed by atoms with Crippen molar-refractivity contribution in [2.24, 2.45) is 5.92 Å². The number of aliphatic hydroxyl groups excluding tert-OH is 1. The van der Waals surface area contributed by atoms with E-state index in [9.17, 15) is 14.7 Å². The molecule has 0 radical (unpaired) electrons. The molecule has 1 aromatic carbocycles. The van der Waals surface area contributed by atoms with Crippen LogP contribution in [0.2, 0.25) is 0 Å². The third-order valence-corrected chi connectivity index (χ3v) is 3.25. The number of carbonyl (C=O) groups excluding carboxylic acids is 2. The monoisotopic (exact) mass is 277 g/mol. The Bertz CT molecular complexity index is 539. The van der Waals surface area contributed by atoms with E-state index in [0.29, 0.717) is 17.0 Å². The third kappa shape index (κ3) is 2.67. The van der Waals surface area contributed by atoms with Crippen molar-refractivity contribution in [2.45, 2.75) is 33.5 Å². The molecule has 1 N–H and O–H groups in total. The molecule has 0 aliphatic carbocycles. The quantitative estimate of drug-likeness (QED) is 0.906. The molecule has 1 aromatic rings. The van der Waals surface area contributed by atoms with Crippen LogP contribution in [0.25, 0.3) is 0 Å². The molecular formula is C15H19NO4. The normalized spacial score (nSPS) is 17.9. The zero-order valence-corrected chi connectivity index (χ0v) is 11.9. The maximum atomic E-state index is 12.4. The van der Waals surface area contributed by atoms with Crippen molar-refractivity contribution >= 4 is 17.4 Å². The molecule has 0 bridgehead atoms. The van der Waals surface area contributed by atoms with Crippen molar-refractivity contribution in [1.29, 1.82) is 0 Å². The Morgan fingerprint density at radius 3 is 2.70 bits per heavy atom. The van der Waals surface area contributed by atoms with Crippen LogP contribution in [0.5, 0.6) is 5.75 Å². The van der Waals surface area contributed by atoms with Crippen LogP contribution in [0.15, 0.2) is 18.2 Å². The standard InChI is InChI=1S/C15H19NO4/c1-9(2)14-15(19)16(7-10(3)18)12-5-4-11(8-17)6-13(12)20-14/h4-6,9,14,17H,7-8H2,1-3H3. The molecule has 1 aliphatic rings. The lowest BCUT2D eigenvalue weighted by Gasteiger charge is -2.35. The van der Waals surface area contributed by atoms with E-state index in [1.807, 2.05) is 13.8 Å². The molecule has 0 aromatic heterocycles. The van der Waals surface area contributed by atoms with E-state index < -0.39 is 6.10 Å². The number of hydrogen-bond donors (Lipinski definition) is 1. The van der Waals surface area contributed by atoms with Gasteiger partial charge in [0.2, 0.25) is 0 Å². The summed E-state index contributed by atoms with van der Waals surface area (Å²) in [6.07, 6.45) is -0.601. The van der Waals surface area contributed by atoms with Crippen LogP contribution in [-0.2, 0) is 16.2 Å². The molecule has 2 rings (SSSR count). The van der Waals surface area contributed by atoms with Gasteiger partial charge in [-0.3, -0.25) is 14.5 Å². The zero-order chi connectivity index (χ0) is 14.9. The maximum Gasteiger partial charge on any atom is 0.268 e. The zero-order valence-electron chi connectivity index (χ0n) is 11.9. The summed E-state index contributed by atoms with van der Waals surface area (Å²) >= 11 is 0. The van der Waals surface area contributed by atoms with Gasteiger partial charge in [-0.15, -0.1) is 0 Å². The minimum Gasteiger partial charge on any atom is -0.478 e. The van der Waals surface area contributed by atoms with Gasteiger partial charge in [0.1, 0.15) is 11.5 Å². The summed E-state index contributed by atoms with van der Waals surface area (Å²) in [6.45, 7) is 5.19. The number of rotatable bonds is 4. The Balaban J connectivity index is 2.46. The fourth-order valence-corrected chi connectivity index (χ4v) is 2.24. The van der Waals surface area contributed by atoms with Crippen molar-refractivity contribution in [3.05, 3.63) is 23.8 Å². The van der Waals surface area contributed by atoms with Crippen LogP contribution in [0.3, 0.4) is 0 Å². The summed E-state index contributed by atoms with van der Waals surface area (Å²) in [4.78, 5) is 25.3. The van der Waals surface area contributed by atoms with Crippen LogP contribution < -0.4 is 9.64 Å². The van der Waals surface area contributed by atoms with E-state index in [-0.39, 0.29) is 30.8 Å².